The highest BCUT2D eigenvalue weighted by atomic mass is 35.5. The molecule has 0 atom stereocenters. The van der Waals surface area contributed by atoms with E-state index in [0.717, 1.165) is 11.1 Å². The SMILES string of the molecule is Cc1cc(Cl)cc(C(=O)Nc2cc(C)ccc2N)c1. The van der Waals surface area contributed by atoms with E-state index in [9.17, 15) is 4.79 Å². The van der Waals surface area contributed by atoms with E-state index in [2.05, 4.69) is 5.32 Å². The van der Waals surface area contributed by atoms with Gasteiger partial charge in [0.15, 0.2) is 0 Å². The summed E-state index contributed by atoms with van der Waals surface area (Å²) in [5.74, 6) is -0.220. The Bertz CT molecular complexity index is 618. The molecule has 19 heavy (non-hydrogen) atoms. The lowest BCUT2D eigenvalue weighted by Gasteiger charge is -2.10. The number of amides is 1. The van der Waals surface area contributed by atoms with Crippen LogP contribution in [0.15, 0.2) is 36.4 Å². The molecule has 0 aliphatic heterocycles. The topological polar surface area (TPSA) is 55.1 Å². The third kappa shape index (κ3) is 3.26. The maximum Gasteiger partial charge on any atom is 0.255 e. The van der Waals surface area contributed by atoms with E-state index in [-0.39, 0.29) is 5.91 Å². The van der Waals surface area contributed by atoms with Crippen molar-refractivity contribution in [3.63, 3.8) is 0 Å². The van der Waals surface area contributed by atoms with Gasteiger partial charge in [-0.25, -0.2) is 0 Å². The predicted octanol–water partition coefficient (Wildman–Crippen LogP) is 3.79. The highest BCUT2D eigenvalue weighted by Crippen LogP contribution is 2.21. The first kappa shape index (κ1) is 13.4. The zero-order valence-electron chi connectivity index (χ0n) is 10.8. The lowest BCUT2D eigenvalue weighted by molar-refractivity contribution is 0.102. The molecule has 4 heteroatoms. The van der Waals surface area contributed by atoms with Crippen LogP contribution in [-0.4, -0.2) is 5.91 Å². The van der Waals surface area contributed by atoms with Gasteiger partial charge in [0.1, 0.15) is 0 Å². The largest absolute Gasteiger partial charge is 0.397 e. The zero-order valence-corrected chi connectivity index (χ0v) is 11.6. The van der Waals surface area contributed by atoms with Crippen LogP contribution in [0.4, 0.5) is 11.4 Å². The summed E-state index contributed by atoms with van der Waals surface area (Å²) in [5, 5.41) is 3.34. The fourth-order valence-electron chi connectivity index (χ4n) is 1.84. The quantitative estimate of drug-likeness (QED) is 0.819. The van der Waals surface area contributed by atoms with E-state index >= 15 is 0 Å². The van der Waals surface area contributed by atoms with Crippen molar-refractivity contribution in [3.8, 4) is 0 Å². The first-order valence-corrected chi connectivity index (χ1v) is 6.28. The zero-order chi connectivity index (χ0) is 14.0. The average Bonchev–Trinajstić information content (AvgIpc) is 2.32. The number of carbonyl (C=O) groups excluding carboxylic acids is 1. The number of anilines is 2. The Balaban J connectivity index is 2.28. The molecule has 0 fully saturated rings. The van der Waals surface area contributed by atoms with Gasteiger partial charge in [0.2, 0.25) is 0 Å². The minimum atomic E-state index is -0.220. The Labute approximate surface area is 117 Å². The molecule has 0 saturated heterocycles. The summed E-state index contributed by atoms with van der Waals surface area (Å²) in [5.41, 5.74) is 9.48. The summed E-state index contributed by atoms with van der Waals surface area (Å²) in [6, 6.07) is 10.7. The van der Waals surface area contributed by atoms with Gasteiger partial charge < -0.3 is 11.1 Å². The van der Waals surface area contributed by atoms with Crippen molar-refractivity contribution in [3.05, 3.63) is 58.1 Å². The molecule has 0 heterocycles. The van der Waals surface area contributed by atoms with Gasteiger partial charge in [-0.2, -0.15) is 0 Å². The van der Waals surface area contributed by atoms with Crippen molar-refractivity contribution in [2.24, 2.45) is 0 Å². The summed E-state index contributed by atoms with van der Waals surface area (Å²) in [4.78, 5) is 12.2. The van der Waals surface area contributed by atoms with E-state index in [1.54, 1.807) is 24.3 Å². The van der Waals surface area contributed by atoms with E-state index in [1.165, 1.54) is 0 Å². The molecule has 0 radical (unpaired) electrons. The molecule has 0 unspecified atom stereocenters. The standard InChI is InChI=1S/C15H15ClN2O/c1-9-3-4-13(17)14(7-9)18-15(19)11-5-10(2)6-12(16)8-11/h3-8H,17H2,1-2H3,(H,18,19). The van der Waals surface area contributed by atoms with Crippen LogP contribution >= 0.6 is 11.6 Å². The number of hydrogen-bond acceptors (Lipinski definition) is 2. The van der Waals surface area contributed by atoms with E-state index in [4.69, 9.17) is 17.3 Å². The summed E-state index contributed by atoms with van der Waals surface area (Å²) < 4.78 is 0. The van der Waals surface area contributed by atoms with E-state index < -0.39 is 0 Å². The van der Waals surface area contributed by atoms with Crippen molar-refractivity contribution in [1.82, 2.24) is 0 Å². The maximum absolute atomic E-state index is 12.2. The number of aryl methyl sites for hydroxylation is 2. The molecule has 2 aromatic carbocycles. The first-order chi connectivity index (χ1) is 8.95. The molecule has 1 amide bonds. The molecule has 2 rings (SSSR count). The number of nitrogens with two attached hydrogens (primary N) is 1. The van der Waals surface area contributed by atoms with Crippen LogP contribution in [-0.2, 0) is 0 Å². The van der Waals surface area contributed by atoms with Gasteiger partial charge in [-0.1, -0.05) is 17.7 Å². The van der Waals surface area contributed by atoms with Crippen LogP contribution in [0.3, 0.4) is 0 Å². The lowest BCUT2D eigenvalue weighted by Crippen LogP contribution is -2.13. The molecular formula is C15H15ClN2O. The summed E-state index contributed by atoms with van der Waals surface area (Å²) in [6.07, 6.45) is 0. The summed E-state index contributed by atoms with van der Waals surface area (Å²) in [7, 11) is 0. The van der Waals surface area contributed by atoms with Crippen molar-refractivity contribution in [2.75, 3.05) is 11.1 Å². The van der Waals surface area contributed by atoms with Crippen LogP contribution in [0, 0.1) is 13.8 Å². The molecule has 0 saturated carbocycles. The number of halogens is 1. The number of nitrogen functional groups attached to an aromatic ring is 1. The molecule has 3 nitrogen and oxygen atoms in total. The van der Waals surface area contributed by atoms with Crippen molar-refractivity contribution in [2.45, 2.75) is 13.8 Å². The average molecular weight is 275 g/mol. The summed E-state index contributed by atoms with van der Waals surface area (Å²) in [6.45, 7) is 3.84. The van der Waals surface area contributed by atoms with Gasteiger partial charge in [0, 0.05) is 10.6 Å². The van der Waals surface area contributed by atoms with Crippen molar-refractivity contribution in [1.29, 1.82) is 0 Å². The van der Waals surface area contributed by atoms with Crippen LogP contribution in [0.1, 0.15) is 21.5 Å². The van der Waals surface area contributed by atoms with Crippen LogP contribution < -0.4 is 11.1 Å². The Morgan fingerprint density at radius 1 is 1.11 bits per heavy atom. The highest BCUT2D eigenvalue weighted by Gasteiger charge is 2.09. The Morgan fingerprint density at radius 3 is 2.53 bits per heavy atom. The molecule has 3 N–H and O–H groups in total. The predicted molar refractivity (Wildman–Crippen MR) is 79.7 cm³/mol. The van der Waals surface area contributed by atoms with Gasteiger partial charge in [0.25, 0.3) is 5.91 Å². The second-order valence-electron chi connectivity index (χ2n) is 4.56. The Morgan fingerprint density at radius 2 is 1.84 bits per heavy atom. The normalized spacial score (nSPS) is 10.3. The molecule has 0 aliphatic rings. The molecular weight excluding hydrogens is 260 g/mol. The Hall–Kier alpha value is -2.00. The van der Waals surface area contributed by atoms with Gasteiger partial charge in [-0.3, -0.25) is 4.79 Å². The molecule has 0 aliphatic carbocycles. The minimum absolute atomic E-state index is 0.220. The first-order valence-electron chi connectivity index (χ1n) is 5.90. The van der Waals surface area contributed by atoms with Crippen LogP contribution in [0.2, 0.25) is 5.02 Å². The van der Waals surface area contributed by atoms with Crippen LogP contribution in [0.25, 0.3) is 0 Å². The monoisotopic (exact) mass is 274 g/mol. The number of carbonyl (C=O) groups is 1. The lowest BCUT2D eigenvalue weighted by atomic mass is 10.1. The number of nitrogens with one attached hydrogen (secondary N) is 1. The van der Waals surface area contributed by atoms with Gasteiger partial charge in [-0.05, 0) is 55.3 Å². The summed E-state index contributed by atoms with van der Waals surface area (Å²) >= 11 is 5.95. The van der Waals surface area contributed by atoms with Gasteiger partial charge in [0.05, 0.1) is 11.4 Å². The van der Waals surface area contributed by atoms with Crippen molar-refractivity contribution >= 4 is 28.9 Å². The third-order valence-electron chi connectivity index (χ3n) is 2.76. The molecule has 2 aromatic rings. The molecule has 98 valence electrons. The molecule has 0 spiro atoms. The Kier molecular flexibility index (Phi) is 3.76. The molecule has 0 aromatic heterocycles. The number of rotatable bonds is 2. The van der Waals surface area contributed by atoms with Crippen LogP contribution in [0.5, 0.6) is 0 Å². The van der Waals surface area contributed by atoms with Crippen molar-refractivity contribution < 1.29 is 4.79 Å². The van der Waals surface area contributed by atoms with Gasteiger partial charge in [-0.15, -0.1) is 0 Å². The second kappa shape index (κ2) is 5.33. The minimum Gasteiger partial charge on any atom is -0.397 e. The number of benzene rings is 2. The smallest absolute Gasteiger partial charge is 0.255 e. The number of hydrogen-bond donors (Lipinski definition) is 2. The fraction of sp³-hybridized carbons (Fsp3) is 0.133. The molecule has 0 bridgehead atoms. The second-order valence-corrected chi connectivity index (χ2v) is 5.00. The maximum atomic E-state index is 12.2. The van der Waals surface area contributed by atoms with E-state index in [0.29, 0.717) is 22.0 Å². The van der Waals surface area contributed by atoms with E-state index in [1.807, 2.05) is 26.0 Å². The fourth-order valence-corrected chi connectivity index (χ4v) is 2.13. The van der Waals surface area contributed by atoms with Gasteiger partial charge >= 0.3 is 0 Å². The highest BCUT2D eigenvalue weighted by molar-refractivity contribution is 6.31. The third-order valence-corrected chi connectivity index (χ3v) is 2.98.